The zero-order chi connectivity index (χ0) is 27.0. The summed E-state index contributed by atoms with van der Waals surface area (Å²) in [6.07, 6.45) is 1.90. The minimum absolute atomic E-state index is 0.147. The summed E-state index contributed by atoms with van der Waals surface area (Å²) in [7, 11) is 4.81. The van der Waals surface area contributed by atoms with Gasteiger partial charge >= 0.3 is 0 Å². The normalized spacial score (nSPS) is 15.5. The maximum atomic E-state index is 13.9. The van der Waals surface area contributed by atoms with Crippen LogP contribution in [0.4, 0.5) is 0 Å². The number of aromatic nitrogens is 1. The molecule has 8 heteroatoms. The average molecular weight is 521 g/mol. The molecular formula is C29H32N2O5S. The number of hydrogen-bond acceptors (Lipinski definition) is 7. The number of ether oxygens (including phenoxy) is 3. The fourth-order valence-electron chi connectivity index (χ4n) is 4.75. The molecule has 0 N–H and O–H groups in total. The van der Waals surface area contributed by atoms with Crippen molar-refractivity contribution in [2.45, 2.75) is 46.6 Å². The fraction of sp³-hybridized carbons (Fsp3) is 0.345. The summed E-state index contributed by atoms with van der Waals surface area (Å²) in [5.41, 5.74) is 4.55. The van der Waals surface area contributed by atoms with Gasteiger partial charge < -0.3 is 14.2 Å². The van der Waals surface area contributed by atoms with Crippen LogP contribution in [0.5, 0.6) is 17.2 Å². The first-order valence-corrected chi connectivity index (χ1v) is 12.9. The molecule has 2 heterocycles. The van der Waals surface area contributed by atoms with E-state index >= 15 is 0 Å². The molecule has 0 amide bonds. The summed E-state index contributed by atoms with van der Waals surface area (Å²) in [4.78, 5) is 31.9. The van der Waals surface area contributed by atoms with Crippen LogP contribution in [0, 0.1) is 6.92 Å². The predicted octanol–water partition coefficient (Wildman–Crippen LogP) is 4.28. The van der Waals surface area contributed by atoms with E-state index in [9.17, 15) is 9.59 Å². The second kappa shape index (κ2) is 10.4. The third kappa shape index (κ3) is 4.73. The molecule has 0 saturated carbocycles. The van der Waals surface area contributed by atoms with Crippen molar-refractivity contribution < 1.29 is 19.0 Å². The molecule has 0 radical (unpaired) electrons. The number of fused-ring (bicyclic) bond motifs is 1. The number of ketones is 1. The lowest BCUT2D eigenvalue weighted by atomic mass is 9.92. The van der Waals surface area contributed by atoms with Crippen molar-refractivity contribution >= 4 is 23.2 Å². The van der Waals surface area contributed by atoms with Gasteiger partial charge in [0.15, 0.2) is 10.6 Å². The van der Waals surface area contributed by atoms with E-state index in [1.807, 2.05) is 25.1 Å². The van der Waals surface area contributed by atoms with Crippen LogP contribution >= 0.6 is 11.3 Å². The van der Waals surface area contributed by atoms with E-state index in [1.165, 1.54) is 18.3 Å². The van der Waals surface area contributed by atoms with E-state index in [4.69, 9.17) is 14.2 Å². The van der Waals surface area contributed by atoms with Gasteiger partial charge in [0.25, 0.3) is 5.56 Å². The van der Waals surface area contributed by atoms with Gasteiger partial charge in [0.1, 0.15) is 17.2 Å². The molecule has 1 aliphatic rings. The molecular weight excluding hydrogens is 488 g/mol. The number of hydrogen-bond donors (Lipinski definition) is 0. The van der Waals surface area contributed by atoms with Gasteiger partial charge in [0, 0.05) is 22.9 Å². The first-order valence-electron chi connectivity index (χ1n) is 12.0. The second-order valence-corrected chi connectivity index (χ2v) is 10.4. The number of benzene rings is 2. The number of nitrogens with zero attached hydrogens (tertiary/aromatic N) is 2. The van der Waals surface area contributed by atoms with Crippen molar-refractivity contribution in [3.8, 4) is 17.2 Å². The summed E-state index contributed by atoms with van der Waals surface area (Å²) in [5, 5.41) is 0. The van der Waals surface area contributed by atoms with E-state index in [-0.39, 0.29) is 17.3 Å². The second-order valence-electron chi connectivity index (χ2n) is 9.35. The van der Waals surface area contributed by atoms with Gasteiger partial charge in [-0.15, -0.1) is 0 Å². The van der Waals surface area contributed by atoms with Crippen molar-refractivity contribution in [1.29, 1.82) is 0 Å². The SMILES string of the molecule is COc1ccc([C@H]2C(C(C)=O)=C(C)N=c3s/c(=C\c4cc(C(C)C)c(OC)cc4C)c(=O)n32)c(OC)c1. The highest BCUT2D eigenvalue weighted by Gasteiger charge is 2.32. The molecule has 7 nitrogen and oxygen atoms in total. The Morgan fingerprint density at radius 1 is 1.05 bits per heavy atom. The van der Waals surface area contributed by atoms with Crippen LogP contribution in [-0.4, -0.2) is 31.7 Å². The van der Waals surface area contributed by atoms with Gasteiger partial charge in [-0.2, -0.15) is 0 Å². The zero-order valence-electron chi connectivity index (χ0n) is 22.5. The molecule has 0 bridgehead atoms. The van der Waals surface area contributed by atoms with Crippen molar-refractivity contribution in [1.82, 2.24) is 4.57 Å². The van der Waals surface area contributed by atoms with Crippen LogP contribution in [0.15, 0.2) is 51.4 Å². The third-order valence-electron chi connectivity index (χ3n) is 6.66. The topological polar surface area (TPSA) is 79.1 Å². The highest BCUT2D eigenvalue weighted by atomic mass is 32.1. The fourth-order valence-corrected chi connectivity index (χ4v) is 5.79. The molecule has 0 spiro atoms. The number of rotatable bonds is 7. The molecule has 0 unspecified atom stereocenters. The Bertz CT molecular complexity index is 1590. The van der Waals surface area contributed by atoms with Crippen LogP contribution in [-0.2, 0) is 4.79 Å². The quantitative estimate of drug-likeness (QED) is 0.465. The molecule has 0 aliphatic carbocycles. The number of carbonyl (C=O) groups excluding carboxylic acids is 1. The maximum absolute atomic E-state index is 13.9. The first-order chi connectivity index (χ1) is 17.6. The molecule has 1 aliphatic heterocycles. The molecule has 0 fully saturated rings. The van der Waals surface area contributed by atoms with E-state index < -0.39 is 6.04 Å². The number of thiazole rings is 1. The number of Topliss-reactive ketones (excluding diaryl/α,β-unsaturated/α-hetero) is 1. The van der Waals surface area contributed by atoms with E-state index in [1.54, 1.807) is 45.0 Å². The van der Waals surface area contributed by atoms with E-state index in [0.717, 1.165) is 22.4 Å². The van der Waals surface area contributed by atoms with Crippen molar-refractivity contribution in [3.63, 3.8) is 0 Å². The van der Waals surface area contributed by atoms with Crippen molar-refractivity contribution in [2.75, 3.05) is 21.3 Å². The summed E-state index contributed by atoms with van der Waals surface area (Å²) >= 11 is 1.31. The van der Waals surface area contributed by atoms with Gasteiger partial charge in [0.2, 0.25) is 0 Å². The molecule has 37 heavy (non-hydrogen) atoms. The first kappa shape index (κ1) is 26.4. The van der Waals surface area contributed by atoms with Crippen LogP contribution in [0.2, 0.25) is 0 Å². The Morgan fingerprint density at radius 2 is 1.76 bits per heavy atom. The average Bonchev–Trinajstić information content (AvgIpc) is 3.17. The Balaban J connectivity index is 1.99. The zero-order valence-corrected chi connectivity index (χ0v) is 23.3. The molecule has 1 aromatic heterocycles. The lowest BCUT2D eigenvalue weighted by Crippen LogP contribution is -2.39. The van der Waals surface area contributed by atoms with Crippen LogP contribution < -0.4 is 29.1 Å². The highest BCUT2D eigenvalue weighted by Crippen LogP contribution is 2.37. The Hall–Kier alpha value is -3.65. The number of allylic oxidation sites excluding steroid dienone is 2. The van der Waals surface area contributed by atoms with E-state index in [2.05, 4.69) is 24.9 Å². The van der Waals surface area contributed by atoms with Crippen molar-refractivity contribution in [2.24, 2.45) is 4.99 Å². The highest BCUT2D eigenvalue weighted by molar-refractivity contribution is 7.07. The number of carbonyl (C=O) groups is 1. The lowest BCUT2D eigenvalue weighted by Gasteiger charge is -2.26. The van der Waals surface area contributed by atoms with Gasteiger partial charge in [-0.3, -0.25) is 14.2 Å². The maximum Gasteiger partial charge on any atom is 0.271 e. The number of methoxy groups -OCH3 is 3. The minimum Gasteiger partial charge on any atom is -0.497 e. The standard InChI is InChI=1S/C29H32N2O5S/c1-15(2)22-12-19(16(3)11-23(22)35-7)13-25-28(33)31-27(21-10-9-20(34-6)14-24(21)36-8)26(18(5)32)17(4)30-29(31)37-25/h9-15,27H,1-8H3/b25-13-/t27-/m0/s1. The van der Waals surface area contributed by atoms with Crippen LogP contribution in [0.1, 0.15) is 61.9 Å². The summed E-state index contributed by atoms with van der Waals surface area (Å²) in [6.45, 7) is 9.52. The largest absolute Gasteiger partial charge is 0.497 e. The third-order valence-corrected chi connectivity index (χ3v) is 7.65. The Labute approximate surface area is 220 Å². The summed E-state index contributed by atoms with van der Waals surface area (Å²) in [5.74, 6) is 2.09. The van der Waals surface area contributed by atoms with Gasteiger partial charge in [-0.05, 0) is 73.7 Å². The van der Waals surface area contributed by atoms with Crippen molar-refractivity contribution in [3.05, 3.63) is 83.5 Å². The molecule has 2 aromatic carbocycles. The summed E-state index contributed by atoms with van der Waals surface area (Å²) in [6, 6.07) is 8.81. The van der Waals surface area contributed by atoms with Gasteiger partial charge in [0.05, 0.1) is 31.9 Å². The smallest absolute Gasteiger partial charge is 0.271 e. The molecule has 194 valence electrons. The van der Waals surface area contributed by atoms with E-state index in [0.29, 0.717) is 37.7 Å². The predicted molar refractivity (Wildman–Crippen MR) is 146 cm³/mol. The molecule has 4 rings (SSSR count). The number of aryl methyl sites for hydroxylation is 1. The summed E-state index contributed by atoms with van der Waals surface area (Å²) < 4.78 is 18.7. The molecule has 3 aromatic rings. The molecule has 0 saturated heterocycles. The monoisotopic (exact) mass is 520 g/mol. The Morgan fingerprint density at radius 3 is 2.35 bits per heavy atom. The van der Waals surface area contributed by atoms with Crippen LogP contribution in [0.25, 0.3) is 6.08 Å². The lowest BCUT2D eigenvalue weighted by molar-refractivity contribution is -0.114. The molecule has 1 atom stereocenters. The van der Waals surface area contributed by atoms with Gasteiger partial charge in [-0.1, -0.05) is 25.2 Å². The Kier molecular flexibility index (Phi) is 7.41. The van der Waals surface area contributed by atoms with Gasteiger partial charge in [-0.25, -0.2) is 4.99 Å². The minimum atomic E-state index is -0.667. The van der Waals surface area contributed by atoms with Crippen LogP contribution in [0.3, 0.4) is 0 Å².